The highest BCUT2D eigenvalue weighted by Gasteiger charge is 2.20. The maximum atomic E-state index is 13.0. The van der Waals surface area contributed by atoms with Crippen LogP contribution in [0.5, 0.6) is 0 Å². The predicted molar refractivity (Wildman–Crippen MR) is 107 cm³/mol. The Hall–Kier alpha value is -2.95. The number of hydrogen-bond donors (Lipinski definition) is 0. The van der Waals surface area contributed by atoms with Crippen LogP contribution in [0, 0.1) is 11.3 Å². The van der Waals surface area contributed by atoms with Gasteiger partial charge in [0.05, 0.1) is 45.3 Å². The number of nitriles is 1. The van der Waals surface area contributed by atoms with E-state index in [0.29, 0.717) is 23.7 Å². The topological polar surface area (TPSA) is 70.1 Å². The SMILES string of the molecule is N#CCCN(Cc1ccco1)C(=O)c1ccc(-c2nc3ccccc3s2)s1. The van der Waals surface area contributed by atoms with E-state index in [-0.39, 0.29) is 12.3 Å². The van der Waals surface area contributed by atoms with Crippen LogP contribution in [0.4, 0.5) is 0 Å². The van der Waals surface area contributed by atoms with Gasteiger partial charge in [-0.2, -0.15) is 5.26 Å². The lowest BCUT2D eigenvalue weighted by Crippen LogP contribution is -2.30. The fraction of sp³-hybridized carbons (Fsp3) is 0.150. The molecule has 0 radical (unpaired) electrons. The first-order valence-corrected chi connectivity index (χ1v) is 10.0. The molecule has 4 aromatic rings. The standard InChI is InChI=1S/C20H15N3O2S2/c21-10-4-11-23(13-14-5-3-12-25-14)20(24)18-9-8-17(26-18)19-22-15-6-1-2-7-16(15)27-19/h1-3,5-9,12H,4,11,13H2. The Bertz CT molecular complexity index is 1070. The Morgan fingerprint density at radius 2 is 2.04 bits per heavy atom. The van der Waals surface area contributed by atoms with Gasteiger partial charge in [0.1, 0.15) is 10.8 Å². The zero-order chi connectivity index (χ0) is 18.6. The van der Waals surface area contributed by atoms with Crippen LogP contribution in [0.25, 0.3) is 20.1 Å². The van der Waals surface area contributed by atoms with E-state index in [2.05, 4.69) is 11.1 Å². The largest absolute Gasteiger partial charge is 0.467 e. The van der Waals surface area contributed by atoms with E-state index in [0.717, 1.165) is 20.1 Å². The van der Waals surface area contributed by atoms with Gasteiger partial charge in [-0.05, 0) is 36.4 Å². The molecule has 1 amide bonds. The van der Waals surface area contributed by atoms with Crippen LogP contribution < -0.4 is 0 Å². The van der Waals surface area contributed by atoms with E-state index in [9.17, 15) is 4.79 Å². The highest BCUT2D eigenvalue weighted by atomic mass is 32.1. The minimum atomic E-state index is -0.0981. The van der Waals surface area contributed by atoms with Crippen LogP contribution in [-0.2, 0) is 6.54 Å². The number of aromatic nitrogens is 1. The highest BCUT2D eigenvalue weighted by molar-refractivity contribution is 7.26. The molecule has 3 heterocycles. The van der Waals surface area contributed by atoms with E-state index in [1.807, 2.05) is 42.5 Å². The van der Waals surface area contributed by atoms with Crippen LogP contribution in [0.15, 0.2) is 59.2 Å². The first-order valence-electron chi connectivity index (χ1n) is 8.39. The van der Waals surface area contributed by atoms with Gasteiger partial charge >= 0.3 is 0 Å². The second kappa shape index (κ2) is 7.74. The van der Waals surface area contributed by atoms with E-state index < -0.39 is 0 Å². The molecular formula is C20H15N3O2S2. The molecule has 0 aliphatic heterocycles. The van der Waals surface area contributed by atoms with Crippen LogP contribution in [0.2, 0.25) is 0 Å². The summed E-state index contributed by atoms with van der Waals surface area (Å²) in [5.74, 6) is 0.600. The lowest BCUT2D eigenvalue weighted by Gasteiger charge is -2.19. The van der Waals surface area contributed by atoms with Crippen molar-refractivity contribution in [2.45, 2.75) is 13.0 Å². The van der Waals surface area contributed by atoms with Crippen LogP contribution in [0.1, 0.15) is 21.9 Å². The van der Waals surface area contributed by atoms with Crippen molar-refractivity contribution in [2.24, 2.45) is 0 Å². The average molecular weight is 393 g/mol. The van der Waals surface area contributed by atoms with E-state index >= 15 is 0 Å². The minimum absolute atomic E-state index is 0.0981. The molecule has 5 nitrogen and oxygen atoms in total. The zero-order valence-corrected chi connectivity index (χ0v) is 15.9. The average Bonchev–Trinajstić information content (AvgIpc) is 3.44. The summed E-state index contributed by atoms with van der Waals surface area (Å²) in [5, 5.41) is 9.81. The number of carbonyl (C=O) groups is 1. The van der Waals surface area contributed by atoms with Crippen molar-refractivity contribution >= 4 is 38.8 Å². The third-order valence-electron chi connectivity index (χ3n) is 4.03. The van der Waals surface area contributed by atoms with Crippen LogP contribution in [0.3, 0.4) is 0 Å². The van der Waals surface area contributed by atoms with Gasteiger partial charge in [-0.3, -0.25) is 4.79 Å². The minimum Gasteiger partial charge on any atom is -0.467 e. The van der Waals surface area contributed by atoms with Gasteiger partial charge in [0, 0.05) is 6.54 Å². The molecule has 0 atom stereocenters. The Morgan fingerprint density at radius 3 is 2.81 bits per heavy atom. The van der Waals surface area contributed by atoms with Crippen molar-refractivity contribution in [3.05, 3.63) is 65.4 Å². The maximum Gasteiger partial charge on any atom is 0.264 e. The molecule has 0 aliphatic rings. The van der Waals surface area contributed by atoms with Crippen molar-refractivity contribution in [1.29, 1.82) is 5.26 Å². The number of para-hydroxylation sites is 1. The third kappa shape index (κ3) is 3.77. The van der Waals surface area contributed by atoms with Gasteiger partial charge in [-0.25, -0.2) is 4.98 Å². The predicted octanol–water partition coefficient (Wildman–Crippen LogP) is 5.17. The molecule has 0 saturated heterocycles. The number of thiophene rings is 1. The fourth-order valence-electron chi connectivity index (χ4n) is 2.73. The van der Waals surface area contributed by atoms with Crippen LogP contribution in [-0.4, -0.2) is 22.3 Å². The van der Waals surface area contributed by atoms with E-state index in [4.69, 9.17) is 9.68 Å². The summed E-state index contributed by atoms with van der Waals surface area (Å²) in [7, 11) is 0. The Kier molecular flexibility index (Phi) is 5.01. The summed E-state index contributed by atoms with van der Waals surface area (Å²) in [4.78, 5) is 20.9. The van der Waals surface area contributed by atoms with E-state index in [1.54, 1.807) is 28.6 Å². The molecule has 27 heavy (non-hydrogen) atoms. The summed E-state index contributed by atoms with van der Waals surface area (Å²) >= 11 is 3.04. The molecule has 3 aromatic heterocycles. The fourth-order valence-corrected chi connectivity index (χ4v) is 4.72. The summed E-state index contributed by atoms with van der Waals surface area (Å²) < 4.78 is 6.48. The number of benzene rings is 1. The lowest BCUT2D eigenvalue weighted by atomic mass is 10.3. The quantitative estimate of drug-likeness (QED) is 0.453. The number of rotatable bonds is 6. The van der Waals surface area contributed by atoms with Gasteiger partial charge in [0.2, 0.25) is 0 Å². The van der Waals surface area contributed by atoms with Crippen molar-refractivity contribution in [3.8, 4) is 16.0 Å². The van der Waals surface area contributed by atoms with Crippen molar-refractivity contribution < 1.29 is 9.21 Å². The molecule has 1 aromatic carbocycles. The maximum absolute atomic E-state index is 13.0. The molecule has 7 heteroatoms. The van der Waals surface area contributed by atoms with Crippen molar-refractivity contribution in [3.63, 3.8) is 0 Å². The number of thiazole rings is 1. The first kappa shape index (κ1) is 17.5. The van der Waals surface area contributed by atoms with Gasteiger partial charge in [0.25, 0.3) is 5.91 Å². The number of furan rings is 1. The van der Waals surface area contributed by atoms with E-state index in [1.165, 1.54) is 11.3 Å². The molecule has 0 fully saturated rings. The van der Waals surface area contributed by atoms with Crippen molar-refractivity contribution in [2.75, 3.05) is 6.54 Å². The van der Waals surface area contributed by atoms with Gasteiger partial charge < -0.3 is 9.32 Å². The highest BCUT2D eigenvalue weighted by Crippen LogP contribution is 2.34. The molecule has 4 rings (SSSR count). The number of fused-ring (bicyclic) bond motifs is 1. The van der Waals surface area contributed by atoms with Gasteiger partial charge in [0.15, 0.2) is 0 Å². The summed E-state index contributed by atoms with van der Waals surface area (Å²) in [6, 6.07) is 17.5. The second-order valence-electron chi connectivity index (χ2n) is 5.86. The monoisotopic (exact) mass is 393 g/mol. The molecule has 0 spiro atoms. The second-order valence-corrected chi connectivity index (χ2v) is 7.98. The molecule has 0 N–H and O–H groups in total. The third-order valence-corrected chi connectivity index (χ3v) is 6.31. The number of hydrogen-bond acceptors (Lipinski definition) is 6. The Balaban J connectivity index is 1.58. The normalized spacial score (nSPS) is 10.8. The smallest absolute Gasteiger partial charge is 0.264 e. The molecular weight excluding hydrogens is 378 g/mol. The molecule has 134 valence electrons. The zero-order valence-electron chi connectivity index (χ0n) is 14.3. The Morgan fingerprint density at radius 1 is 1.15 bits per heavy atom. The number of amides is 1. The molecule has 0 saturated carbocycles. The summed E-state index contributed by atoms with van der Waals surface area (Å²) in [5.41, 5.74) is 0.965. The lowest BCUT2D eigenvalue weighted by molar-refractivity contribution is 0.0740. The number of carbonyl (C=O) groups excluding carboxylic acids is 1. The van der Waals surface area contributed by atoms with Crippen LogP contribution >= 0.6 is 22.7 Å². The van der Waals surface area contributed by atoms with Gasteiger partial charge in [-0.1, -0.05) is 12.1 Å². The number of nitrogens with zero attached hydrogens (tertiary/aromatic N) is 3. The summed E-state index contributed by atoms with van der Waals surface area (Å²) in [6.45, 7) is 0.715. The molecule has 0 aliphatic carbocycles. The van der Waals surface area contributed by atoms with Crippen molar-refractivity contribution in [1.82, 2.24) is 9.88 Å². The Labute approximate surface area is 164 Å². The molecule has 0 bridgehead atoms. The molecule has 0 unspecified atom stereocenters. The first-order chi connectivity index (χ1) is 13.2. The summed E-state index contributed by atoms with van der Waals surface area (Å²) in [6.07, 6.45) is 1.86. The van der Waals surface area contributed by atoms with Gasteiger partial charge in [-0.15, -0.1) is 22.7 Å².